The molecule has 5 nitrogen and oxygen atoms in total. The second-order valence-corrected chi connectivity index (χ2v) is 5.44. The van der Waals surface area contributed by atoms with Crippen molar-refractivity contribution >= 4 is 29.4 Å². The summed E-state index contributed by atoms with van der Waals surface area (Å²) in [6, 6.07) is 6.31. The number of imide groups is 2. The molecule has 21 heavy (non-hydrogen) atoms. The number of nitrogens with zero attached hydrogens (tertiary/aromatic N) is 1. The van der Waals surface area contributed by atoms with Gasteiger partial charge < -0.3 is 0 Å². The monoisotopic (exact) mass is 308 g/mol. The number of hydrogen-bond donors (Lipinski definition) is 1. The largest absolute Gasteiger partial charge is 0.331 e. The highest BCUT2D eigenvalue weighted by Gasteiger charge is 2.51. The van der Waals surface area contributed by atoms with Crippen LogP contribution in [0.2, 0.25) is 5.02 Å². The third-order valence-electron chi connectivity index (χ3n) is 4.05. The van der Waals surface area contributed by atoms with E-state index in [1.165, 1.54) is 0 Å². The molecule has 1 aliphatic heterocycles. The smallest absolute Gasteiger partial charge is 0.277 e. The summed E-state index contributed by atoms with van der Waals surface area (Å²) in [6.45, 7) is 3.59. The van der Waals surface area contributed by atoms with E-state index >= 15 is 0 Å². The minimum Gasteiger partial charge on any atom is -0.277 e. The molecule has 0 aliphatic carbocycles. The van der Waals surface area contributed by atoms with E-state index in [1.807, 2.05) is 0 Å². The first-order valence-electron chi connectivity index (χ1n) is 6.87. The molecule has 0 saturated carbocycles. The van der Waals surface area contributed by atoms with Gasteiger partial charge in [0.15, 0.2) is 0 Å². The lowest BCUT2D eigenvalue weighted by atomic mass is 9.78. The van der Waals surface area contributed by atoms with Crippen LogP contribution in [-0.4, -0.2) is 22.7 Å². The molecule has 2 rings (SSSR count). The molecule has 0 aromatic heterocycles. The number of benzene rings is 1. The topological polar surface area (TPSA) is 66.5 Å². The highest BCUT2D eigenvalue weighted by atomic mass is 35.5. The van der Waals surface area contributed by atoms with Gasteiger partial charge in [0.25, 0.3) is 0 Å². The zero-order valence-corrected chi connectivity index (χ0v) is 12.7. The molecule has 6 heteroatoms. The number of rotatable bonds is 4. The molecular weight excluding hydrogens is 292 g/mol. The first-order valence-corrected chi connectivity index (χ1v) is 7.24. The van der Waals surface area contributed by atoms with Gasteiger partial charge >= 0.3 is 6.03 Å². The van der Waals surface area contributed by atoms with Crippen LogP contribution in [-0.2, 0) is 16.1 Å². The van der Waals surface area contributed by atoms with E-state index in [0.717, 1.165) is 4.90 Å². The molecule has 0 unspecified atom stereocenters. The molecular formula is C15H17ClN2O3. The van der Waals surface area contributed by atoms with Crippen LogP contribution in [0.3, 0.4) is 0 Å². The molecule has 1 aromatic rings. The number of urea groups is 1. The Balaban J connectivity index is 2.35. The third kappa shape index (κ3) is 2.53. The van der Waals surface area contributed by atoms with E-state index in [-0.39, 0.29) is 6.54 Å². The van der Waals surface area contributed by atoms with Crippen molar-refractivity contribution in [3.63, 3.8) is 0 Å². The summed E-state index contributed by atoms with van der Waals surface area (Å²) in [7, 11) is 0. The van der Waals surface area contributed by atoms with E-state index < -0.39 is 23.3 Å². The van der Waals surface area contributed by atoms with Crippen molar-refractivity contribution in [3.05, 3.63) is 34.9 Å². The predicted octanol–water partition coefficient (Wildman–Crippen LogP) is 2.72. The predicted molar refractivity (Wildman–Crippen MR) is 78.6 cm³/mol. The molecule has 4 amide bonds. The molecule has 1 aliphatic rings. The molecule has 1 aromatic carbocycles. The fourth-order valence-corrected chi connectivity index (χ4v) is 2.74. The minimum atomic E-state index is -1.17. The Morgan fingerprint density at radius 2 is 1.76 bits per heavy atom. The van der Waals surface area contributed by atoms with Crippen molar-refractivity contribution in [1.82, 2.24) is 10.2 Å². The summed E-state index contributed by atoms with van der Waals surface area (Å²) >= 11 is 6.07. The lowest BCUT2D eigenvalue weighted by Crippen LogP contribution is -2.63. The van der Waals surface area contributed by atoms with Crippen LogP contribution in [0.4, 0.5) is 4.79 Å². The summed E-state index contributed by atoms with van der Waals surface area (Å²) in [5.74, 6) is -0.973. The number of hydrogen-bond acceptors (Lipinski definition) is 3. The minimum absolute atomic E-state index is 0.0549. The van der Waals surface area contributed by atoms with Crippen molar-refractivity contribution in [2.75, 3.05) is 0 Å². The van der Waals surface area contributed by atoms with Gasteiger partial charge in [-0.05, 0) is 24.5 Å². The Bertz CT molecular complexity index is 596. The fourth-order valence-electron chi connectivity index (χ4n) is 2.55. The molecule has 0 radical (unpaired) electrons. The van der Waals surface area contributed by atoms with Gasteiger partial charge in [0.05, 0.1) is 6.54 Å². The Kier molecular flexibility index (Phi) is 4.32. The highest BCUT2D eigenvalue weighted by molar-refractivity contribution is 6.31. The van der Waals surface area contributed by atoms with Gasteiger partial charge in [-0.25, -0.2) is 4.79 Å². The van der Waals surface area contributed by atoms with Gasteiger partial charge in [-0.3, -0.25) is 19.8 Å². The highest BCUT2D eigenvalue weighted by Crippen LogP contribution is 2.33. The summed E-state index contributed by atoms with van der Waals surface area (Å²) in [6.07, 6.45) is 0.695. The number of carbonyl (C=O) groups is 3. The maximum absolute atomic E-state index is 12.6. The fraction of sp³-hybridized carbons (Fsp3) is 0.400. The molecule has 1 N–H and O–H groups in total. The first kappa shape index (κ1) is 15.5. The molecule has 0 bridgehead atoms. The Morgan fingerprint density at radius 1 is 1.14 bits per heavy atom. The Hall–Kier alpha value is -1.88. The summed E-state index contributed by atoms with van der Waals surface area (Å²) in [5.41, 5.74) is -0.507. The summed E-state index contributed by atoms with van der Waals surface area (Å²) in [4.78, 5) is 37.8. The molecule has 0 spiro atoms. The standard InChI is InChI=1S/C15H17ClN2O3/c1-3-15(4-2)12(19)17-14(21)18(13(15)20)9-10-7-5-6-8-11(10)16/h5-8H,3-4,9H2,1-2H3,(H,17,19,21). The number of carbonyl (C=O) groups excluding carboxylic acids is 3. The van der Waals surface area contributed by atoms with Crippen LogP contribution in [0.1, 0.15) is 32.3 Å². The van der Waals surface area contributed by atoms with Crippen LogP contribution in [0, 0.1) is 5.41 Å². The van der Waals surface area contributed by atoms with Gasteiger partial charge in [-0.2, -0.15) is 0 Å². The van der Waals surface area contributed by atoms with Gasteiger partial charge in [0, 0.05) is 5.02 Å². The van der Waals surface area contributed by atoms with Gasteiger partial charge in [0.2, 0.25) is 11.8 Å². The van der Waals surface area contributed by atoms with E-state index in [9.17, 15) is 14.4 Å². The number of halogens is 1. The van der Waals surface area contributed by atoms with E-state index in [4.69, 9.17) is 11.6 Å². The zero-order valence-electron chi connectivity index (χ0n) is 12.0. The van der Waals surface area contributed by atoms with Gasteiger partial charge in [0.1, 0.15) is 5.41 Å². The van der Waals surface area contributed by atoms with Crippen molar-refractivity contribution in [2.24, 2.45) is 5.41 Å². The summed E-state index contributed by atoms with van der Waals surface area (Å²) < 4.78 is 0. The third-order valence-corrected chi connectivity index (χ3v) is 4.42. The first-order chi connectivity index (χ1) is 9.96. The van der Waals surface area contributed by atoms with Crippen molar-refractivity contribution < 1.29 is 14.4 Å². The lowest BCUT2D eigenvalue weighted by Gasteiger charge is -2.38. The van der Waals surface area contributed by atoms with Crippen molar-refractivity contribution in [2.45, 2.75) is 33.2 Å². The quantitative estimate of drug-likeness (QED) is 0.870. The van der Waals surface area contributed by atoms with E-state index in [1.54, 1.807) is 38.1 Å². The van der Waals surface area contributed by atoms with E-state index in [2.05, 4.69) is 5.32 Å². The lowest BCUT2D eigenvalue weighted by molar-refractivity contribution is -0.152. The molecule has 112 valence electrons. The number of amides is 4. The molecule has 1 fully saturated rings. The van der Waals surface area contributed by atoms with Gasteiger partial charge in [-0.15, -0.1) is 0 Å². The molecule has 1 heterocycles. The van der Waals surface area contributed by atoms with Crippen LogP contribution in [0.5, 0.6) is 0 Å². The van der Waals surface area contributed by atoms with Crippen molar-refractivity contribution in [3.8, 4) is 0 Å². The van der Waals surface area contributed by atoms with Crippen LogP contribution < -0.4 is 5.32 Å². The normalized spacial score (nSPS) is 17.9. The van der Waals surface area contributed by atoms with Crippen LogP contribution >= 0.6 is 11.6 Å². The van der Waals surface area contributed by atoms with E-state index in [0.29, 0.717) is 23.4 Å². The Labute approximate surface area is 128 Å². The number of barbiturate groups is 1. The Morgan fingerprint density at radius 3 is 2.33 bits per heavy atom. The maximum Gasteiger partial charge on any atom is 0.331 e. The average Bonchev–Trinajstić information content (AvgIpc) is 2.46. The second kappa shape index (κ2) is 5.85. The average molecular weight is 309 g/mol. The molecule has 1 saturated heterocycles. The SMILES string of the molecule is CCC1(CC)C(=O)NC(=O)N(Cc2ccccc2Cl)C1=O. The van der Waals surface area contributed by atoms with Crippen molar-refractivity contribution in [1.29, 1.82) is 0 Å². The number of nitrogens with one attached hydrogen (secondary N) is 1. The van der Waals surface area contributed by atoms with Gasteiger partial charge in [-0.1, -0.05) is 43.6 Å². The second-order valence-electron chi connectivity index (χ2n) is 5.03. The zero-order chi connectivity index (χ0) is 15.6. The van der Waals surface area contributed by atoms with Crippen LogP contribution in [0.15, 0.2) is 24.3 Å². The summed E-state index contributed by atoms with van der Waals surface area (Å²) in [5, 5.41) is 2.76. The van der Waals surface area contributed by atoms with Crippen LogP contribution in [0.25, 0.3) is 0 Å². The maximum atomic E-state index is 12.6. The molecule has 0 atom stereocenters.